The maximum atomic E-state index is 2.61. The molecule has 0 radical (unpaired) electrons. The third-order valence-corrected chi connectivity index (χ3v) is 3.32. The molecule has 0 fully saturated rings. The second kappa shape index (κ2) is 7.09. The minimum atomic E-state index is 0.926. The van der Waals surface area contributed by atoms with Gasteiger partial charge in [0.15, 0.2) is 0 Å². The smallest absolute Gasteiger partial charge is 0.0231 e. The van der Waals surface area contributed by atoms with E-state index < -0.39 is 0 Å². The van der Waals surface area contributed by atoms with E-state index in [0.29, 0.717) is 0 Å². The van der Waals surface area contributed by atoms with Gasteiger partial charge in [0.2, 0.25) is 0 Å². The fraction of sp³-hybridized carbons (Fsp3) is 0.857. The lowest BCUT2D eigenvalue weighted by Gasteiger charge is -2.20. The first-order chi connectivity index (χ1) is 6.86. The minimum Gasteiger partial charge on any atom is -0.0822 e. The van der Waals surface area contributed by atoms with Crippen LogP contribution in [-0.2, 0) is 0 Å². The van der Waals surface area contributed by atoms with Crippen LogP contribution < -0.4 is 0 Å². The van der Waals surface area contributed by atoms with Gasteiger partial charge in [0.05, 0.1) is 0 Å². The second-order valence-corrected chi connectivity index (χ2v) is 4.72. The van der Waals surface area contributed by atoms with Crippen LogP contribution in [-0.4, -0.2) is 0 Å². The van der Waals surface area contributed by atoms with Gasteiger partial charge in [0.25, 0.3) is 0 Å². The summed E-state index contributed by atoms with van der Waals surface area (Å²) >= 11 is 0. The third-order valence-electron chi connectivity index (χ3n) is 3.32. The summed E-state index contributed by atoms with van der Waals surface area (Å²) in [5, 5.41) is 0. The molecular formula is C14H26. The van der Waals surface area contributed by atoms with Gasteiger partial charge in [-0.3, -0.25) is 0 Å². The van der Waals surface area contributed by atoms with Crippen LogP contribution in [0.25, 0.3) is 0 Å². The Kier molecular flexibility index (Phi) is 5.98. The molecule has 0 aromatic carbocycles. The van der Waals surface area contributed by atoms with Crippen LogP contribution in [0, 0.1) is 5.92 Å². The lowest BCUT2D eigenvalue weighted by molar-refractivity contribution is 0.470. The van der Waals surface area contributed by atoms with Gasteiger partial charge in [-0.25, -0.2) is 0 Å². The molecule has 0 heteroatoms. The highest BCUT2D eigenvalue weighted by atomic mass is 14.2. The molecule has 82 valence electrons. The zero-order valence-corrected chi connectivity index (χ0v) is 10.0. The standard InChI is InChI=1S/C14H26/c1-3-5-8-13-10-7-11-14(12-13)9-6-4-2/h12-13H,3-11H2,1-2H3. The Labute approximate surface area is 89.8 Å². The molecule has 1 atom stereocenters. The fourth-order valence-electron chi connectivity index (χ4n) is 2.40. The van der Waals surface area contributed by atoms with Crippen molar-refractivity contribution in [2.45, 2.75) is 71.6 Å². The van der Waals surface area contributed by atoms with E-state index >= 15 is 0 Å². The van der Waals surface area contributed by atoms with Crippen LogP contribution in [0.3, 0.4) is 0 Å². The van der Waals surface area contributed by atoms with Gasteiger partial charge in [0.1, 0.15) is 0 Å². The van der Waals surface area contributed by atoms with Gasteiger partial charge in [-0.1, -0.05) is 44.8 Å². The Balaban J connectivity index is 2.30. The molecule has 1 aliphatic carbocycles. The Bertz CT molecular complexity index is 167. The molecule has 0 aliphatic heterocycles. The summed E-state index contributed by atoms with van der Waals surface area (Å²) in [5.41, 5.74) is 1.76. The Morgan fingerprint density at radius 2 is 2.00 bits per heavy atom. The van der Waals surface area contributed by atoms with Gasteiger partial charge in [0, 0.05) is 0 Å². The summed E-state index contributed by atoms with van der Waals surface area (Å²) in [6.45, 7) is 4.59. The molecular weight excluding hydrogens is 168 g/mol. The lowest BCUT2D eigenvalue weighted by Crippen LogP contribution is -2.04. The topological polar surface area (TPSA) is 0 Å². The van der Waals surface area contributed by atoms with Crippen LogP contribution in [0.4, 0.5) is 0 Å². The van der Waals surface area contributed by atoms with E-state index in [0.717, 1.165) is 5.92 Å². The first kappa shape index (κ1) is 11.8. The van der Waals surface area contributed by atoms with Crippen molar-refractivity contribution in [3.8, 4) is 0 Å². The van der Waals surface area contributed by atoms with Crippen LogP contribution in [0.5, 0.6) is 0 Å². The van der Waals surface area contributed by atoms with Crippen LogP contribution in [0.2, 0.25) is 0 Å². The predicted octanol–water partition coefficient (Wildman–Crippen LogP) is 5.09. The number of hydrogen-bond donors (Lipinski definition) is 0. The average Bonchev–Trinajstić information content (AvgIpc) is 2.24. The second-order valence-electron chi connectivity index (χ2n) is 4.72. The van der Waals surface area contributed by atoms with Crippen molar-refractivity contribution < 1.29 is 0 Å². The SMILES string of the molecule is CCCCC1=CC(CCCC)CCC1. The fourth-order valence-corrected chi connectivity index (χ4v) is 2.40. The number of hydrogen-bond acceptors (Lipinski definition) is 0. The summed E-state index contributed by atoms with van der Waals surface area (Å²) < 4.78 is 0. The van der Waals surface area contributed by atoms with E-state index in [4.69, 9.17) is 0 Å². The van der Waals surface area contributed by atoms with Gasteiger partial charge in [-0.05, 0) is 44.4 Å². The normalized spacial score (nSPS) is 22.1. The summed E-state index contributed by atoms with van der Waals surface area (Å²) in [7, 11) is 0. The van der Waals surface area contributed by atoms with Crippen molar-refractivity contribution in [1.29, 1.82) is 0 Å². The number of rotatable bonds is 6. The van der Waals surface area contributed by atoms with E-state index in [-0.39, 0.29) is 0 Å². The molecule has 14 heavy (non-hydrogen) atoms. The van der Waals surface area contributed by atoms with Gasteiger partial charge < -0.3 is 0 Å². The monoisotopic (exact) mass is 194 g/mol. The molecule has 0 aromatic heterocycles. The summed E-state index contributed by atoms with van der Waals surface area (Å²) in [6, 6.07) is 0. The molecule has 0 nitrogen and oxygen atoms in total. The molecule has 1 aliphatic rings. The van der Waals surface area contributed by atoms with E-state index in [2.05, 4.69) is 19.9 Å². The van der Waals surface area contributed by atoms with Crippen LogP contribution in [0.1, 0.15) is 71.6 Å². The molecule has 0 saturated carbocycles. The highest BCUT2D eigenvalue weighted by molar-refractivity contribution is 5.07. The molecule has 0 spiro atoms. The minimum absolute atomic E-state index is 0.926. The Morgan fingerprint density at radius 3 is 2.71 bits per heavy atom. The van der Waals surface area contributed by atoms with E-state index in [1.807, 2.05) is 0 Å². The molecule has 0 N–H and O–H groups in total. The molecule has 1 rings (SSSR count). The van der Waals surface area contributed by atoms with Crippen molar-refractivity contribution in [1.82, 2.24) is 0 Å². The van der Waals surface area contributed by atoms with E-state index in [1.54, 1.807) is 5.57 Å². The molecule has 0 saturated heterocycles. The van der Waals surface area contributed by atoms with Gasteiger partial charge >= 0.3 is 0 Å². The lowest BCUT2D eigenvalue weighted by atomic mass is 9.85. The average molecular weight is 194 g/mol. The maximum absolute atomic E-state index is 2.61. The highest BCUT2D eigenvalue weighted by Crippen LogP contribution is 2.29. The van der Waals surface area contributed by atoms with Crippen molar-refractivity contribution in [2.24, 2.45) is 5.92 Å². The molecule has 0 aromatic rings. The zero-order chi connectivity index (χ0) is 10.2. The van der Waals surface area contributed by atoms with Crippen molar-refractivity contribution in [3.63, 3.8) is 0 Å². The van der Waals surface area contributed by atoms with Crippen molar-refractivity contribution >= 4 is 0 Å². The first-order valence-electron chi connectivity index (χ1n) is 6.56. The highest BCUT2D eigenvalue weighted by Gasteiger charge is 2.12. The van der Waals surface area contributed by atoms with E-state index in [1.165, 1.54) is 57.8 Å². The summed E-state index contributed by atoms with van der Waals surface area (Å²) in [4.78, 5) is 0. The maximum Gasteiger partial charge on any atom is -0.0231 e. The summed E-state index contributed by atoms with van der Waals surface area (Å²) in [5.74, 6) is 0.926. The third kappa shape index (κ3) is 4.30. The molecule has 0 bridgehead atoms. The number of unbranched alkanes of at least 4 members (excludes halogenated alkanes) is 2. The Morgan fingerprint density at radius 1 is 1.21 bits per heavy atom. The number of allylic oxidation sites excluding steroid dienone is 2. The van der Waals surface area contributed by atoms with Crippen molar-refractivity contribution in [2.75, 3.05) is 0 Å². The summed E-state index contributed by atoms with van der Waals surface area (Å²) in [6.07, 6.45) is 15.2. The predicted molar refractivity (Wildman–Crippen MR) is 64.5 cm³/mol. The van der Waals surface area contributed by atoms with E-state index in [9.17, 15) is 0 Å². The quantitative estimate of drug-likeness (QED) is 0.516. The largest absolute Gasteiger partial charge is 0.0822 e. The van der Waals surface area contributed by atoms with Crippen molar-refractivity contribution in [3.05, 3.63) is 11.6 Å². The van der Waals surface area contributed by atoms with Crippen LogP contribution in [0.15, 0.2) is 11.6 Å². The first-order valence-corrected chi connectivity index (χ1v) is 6.56. The Hall–Kier alpha value is -0.260. The zero-order valence-electron chi connectivity index (χ0n) is 10.0. The van der Waals surface area contributed by atoms with Gasteiger partial charge in [-0.15, -0.1) is 0 Å². The molecule has 0 heterocycles. The molecule has 0 amide bonds. The molecule has 1 unspecified atom stereocenters. The van der Waals surface area contributed by atoms with Crippen LogP contribution >= 0.6 is 0 Å². The van der Waals surface area contributed by atoms with Gasteiger partial charge in [-0.2, -0.15) is 0 Å².